The lowest BCUT2D eigenvalue weighted by atomic mass is 9.92. The predicted molar refractivity (Wildman–Crippen MR) is 131 cm³/mol. The number of rotatable bonds is 10. The average molecular weight is 514 g/mol. The van der Waals surface area contributed by atoms with Crippen LogP contribution in [0.1, 0.15) is 30.3 Å². The van der Waals surface area contributed by atoms with E-state index in [9.17, 15) is 14.4 Å². The fraction of sp³-hybridized carbons (Fsp3) is 0.417. The molecule has 1 saturated heterocycles. The molecule has 11 nitrogen and oxygen atoms in total. The fourth-order valence-electron chi connectivity index (χ4n) is 4.13. The molecule has 0 radical (unpaired) electrons. The van der Waals surface area contributed by atoms with E-state index in [1.54, 1.807) is 16.7 Å². The zero-order chi connectivity index (χ0) is 25.8. The number of amides is 1. The normalized spacial score (nSPS) is 18.9. The molecule has 0 saturated carbocycles. The Balaban J connectivity index is 1.64. The van der Waals surface area contributed by atoms with Gasteiger partial charge < -0.3 is 14.2 Å². The third kappa shape index (κ3) is 5.13. The van der Waals surface area contributed by atoms with Gasteiger partial charge >= 0.3 is 11.9 Å². The van der Waals surface area contributed by atoms with E-state index < -0.39 is 17.9 Å². The first-order valence-electron chi connectivity index (χ1n) is 11.3. The molecule has 0 unspecified atom stereocenters. The molecule has 1 aromatic carbocycles. The molecule has 190 valence electrons. The topological polar surface area (TPSA) is 126 Å². The number of β-lactam (4-membered cyclic amide) rings is 1. The summed E-state index contributed by atoms with van der Waals surface area (Å²) in [6.07, 6.45) is 1.46. The second-order valence-corrected chi connectivity index (χ2v) is 9.48. The van der Waals surface area contributed by atoms with Crippen LogP contribution in [0.2, 0.25) is 0 Å². The lowest BCUT2D eigenvalue weighted by molar-refractivity contribution is -0.154. The van der Waals surface area contributed by atoms with Gasteiger partial charge in [-0.15, -0.1) is 16.9 Å². The molecule has 0 spiro atoms. The largest absolute Gasteiger partial charge is 0.497 e. The summed E-state index contributed by atoms with van der Waals surface area (Å²) in [6, 6.07) is 5.72. The smallest absolute Gasteiger partial charge is 0.307 e. The van der Waals surface area contributed by atoms with Gasteiger partial charge in [0.05, 0.1) is 37.1 Å². The summed E-state index contributed by atoms with van der Waals surface area (Å²) < 4.78 is 17.2. The van der Waals surface area contributed by atoms with Crippen LogP contribution < -0.4 is 4.74 Å². The van der Waals surface area contributed by atoms with Crippen LogP contribution in [-0.2, 0) is 30.4 Å². The van der Waals surface area contributed by atoms with Crippen molar-refractivity contribution in [2.45, 2.75) is 32.2 Å². The number of hydrogen-bond acceptors (Lipinski definition) is 10. The number of carbonyl (C=O) groups is 3. The van der Waals surface area contributed by atoms with Crippen molar-refractivity contribution in [2.24, 2.45) is 5.92 Å². The summed E-state index contributed by atoms with van der Waals surface area (Å²) in [6.45, 7) is 7.29. The average Bonchev–Trinajstić information content (AvgIpc) is 3.32. The highest BCUT2D eigenvalue weighted by Gasteiger charge is 2.53. The van der Waals surface area contributed by atoms with Crippen LogP contribution >= 0.6 is 11.8 Å². The van der Waals surface area contributed by atoms with Gasteiger partial charge in [0.15, 0.2) is 5.82 Å². The first kappa shape index (κ1) is 25.4. The molecule has 3 heterocycles. The number of ether oxygens (including phenoxy) is 3. The molecule has 1 aromatic heterocycles. The Morgan fingerprint density at radius 3 is 2.81 bits per heavy atom. The summed E-state index contributed by atoms with van der Waals surface area (Å²) in [5.74, 6) is -0.0121. The van der Waals surface area contributed by atoms with Gasteiger partial charge in [-0.2, -0.15) is 0 Å². The number of benzene rings is 1. The lowest BCUT2D eigenvalue weighted by Gasteiger charge is -2.50. The summed E-state index contributed by atoms with van der Waals surface area (Å²) in [7, 11) is 1.61. The molecule has 4 rings (SSSR count). The minimum absolute atomic E-state index is 0.00856. The van der Waals surface area contributed by atoms with E-state index in [1.165, 1.54) is 24.8 Å². The van der Waals surface area contributed by atoms with Crippen LogP contribution in [0, 0.1) is 12.8 Å². The fourth-order valence-corrected chi connectivity index (χ4v) is 5.53. The maximum atomic E-state index is 13.2. The first-order chi connectivity index (χ1) is 17.3. The van der Waals surface area contributed by atoms with Crippen LogP contribution in [0.3, 0.4) is 0 Å². The number of nitrogens with zero attached hydrogens (tertiary/aromatic N) is 5. The molecular formula is C24H27N5O6S. The number of aromatic nitrogens is 4. The Bertz CT molecular complexity index is 1230. The van der Waals surface area contributed by atoms with Crippen molar-refractivity contribution in [1.29, 1.82) is 0 Å². The van der Waals surface area contributed by atoms with Crippen molar-refractivity contribution in [1.82, 2.24) is 25.1 Å². The minimum Gasteiger partial charge on any atom is -0.497 e. The number of esters is 2. The van der Waals surface area contributed by atoms with E-state index in [0.29, 0.717) is 23.8 Å². The molecule has 2 aromatic rings. The molecule has 2 aliphatic heterocycles. The molecule has 0 N–H and O–H groups in total. The molecular weight excluding hydrogens is 486 g/mol. The zero-order valence-electron chi connectivity index (χ0n) is 20.3. The van der Waals surface area contributed by atoms with Crippen molar-refractivity contribution >= 4 is 35.3 Å². The molecule has 2 aliphatic rings. The van der Waals surface area contributed by atoms with Gasteiger partial charge in [0.2, 0.25) is 5.91 Å². The second-order valence-electron chi connectivity index (χ2n) is 8.38. The van der Waals surface area contributed by atoms with E-state index in [4.69, 9.17) is 14.2 Å². The zero-order valence-corrected chi connectivity index (χ0v) is 21.1. The van der Waals surface area contributed by atoms with Gasteiger partial charge in [-0.1, -0.05) is 18.7 Å². The summed E-state index contributed by atoms with van der Waals surface area (Å²) in [5.41, 5.74) is 3.21. The molecule has 12 heteroatoms. The van der Waals surface area contributed by atoms with Crippen LogP contribution in [0.15, 0.2) is 36.4 Å². The Labute approximate surface area is 212 Å². The second kappa shape index (κ2) is 10.9. The number of methoxy groups -OCH3 is 1. The van der Waals surface area contributed by atoms with E-state index in [1.807, 2.05) is 25.1 Å². The molecule has 1 amide bonds. The monoisotopic (exact) mass is 513 g/mol. The maximum absolute atomic E-state index is 13.2. The Hall–Kier alpha value is -3.67. The number of hydrogen-bond donors (Lipinski definition) is 0. The Morgan fingerprint density at radius 2 is 2.11 bits per heavy atom. The van der Waals surface area contributed by atoms with Crippen LogP contribution in [0.25, 0.3) is 5.70 Å². The minimum atomic E-state index is -0.522. The van der Waals surface area contributed by atoms with E-state index >= 15 is 0 Å². The van der Waals surface area contributed by atoms with Crippen LogP contribution in [-0.4, -0.2) is 74.4 Å². The lowest BCUT2D eigenvalue weighted by Crippen LogP contribution is -2.60. The third-order valence-electron chi connectivity index (χ3n) is 5.97. The molecule has 36 heavy (non-hydrogen) atoms. The summed E-state index contributed by atoms with van der Waals surface area (Å²) in [4.78, 5) is 38.5. The number of aryl methyl sites for hydroxylation is 1. The number of carbonyl (C=O) groups excluding carboxylic acids is 3. The Kier molecular flexibility index (Phi) is 7.73. The Morgan fingerprint density at radius 1 is 1.31 bits per heavy atom. The van der Waals surface area contributed by atoms with Crippen LogP contribution in [0.5, 0.6) is 5.75 Å². The van der Waals surface area contributed by atoms with Gasteiger partial charge in [0.25, 0.3) is 0 Å². The predicted octanol–water partition coefficient (Wildman–Crippen LogP) is 1.96. The van der Waals surface area contributed by atoms with Gasteiger partial charge in [0, 0.05) is 18.2 Å². The summed E-state index contributed by atoms with van der Waals surface area (Å²) >= 11 is 1.50. The van der Waals surface area contributed by atoms with Crippen molar-refractivity contribution < 1.29 is 28.6 Å². The van der Waals surface area contributed by atoms with Gasteiger partial charge in [0.1, 0.15) is 19.0 Å². The highest BCUT2D eigenvalue weighted by atomic mass is 32.2. The van der Waals surface area contributed by atoms with Crippen molar-refractivity contribution in [3.05, 3.63) is 53.4 Å². The standard InChI is InChI=1S/C24H27N5O6S/c1-5-8-34-20(31)10-19-23(32)29-21(17(12-35-15(3)30)13-36-24(19)29)22-25-26-27-28(22)11-16-6-7-18(33-4)9-14(16)2/h5-7,9,19,24H,1,8,10-13H2,2-4H3/t19-,24-/m1/s1. The number of fused-ring (bicyclic) bond motifs is 1. The maximum Gasteiger partial charge on any atom is 0.307 e. The quantitative estimate of drug-likeness (QED) is 0.264. The number of tetrazole rings is 1. The van der Waals surface area contributed by atoms with E-state index in [0.717, 1.165) is 22.4 Å². The van der Waals surface area contributed by atoms with Crippen LogP contribution in [0.4, 0.5) is 0 Å². The van der Waals surface area contributed by atoms with Crippen molar-refractivity contribution in [3.8, 4) is 5.75 Å². The van der Waals surface area contributed by atoms with Gasteiger partial charge in [-0.05, 0) is 40.6 Å². The van der Waals surface area contributed by atoms with Crippen molar-refractivity contribution in [3.63, 3.8) is 0 Å². The molecule has 0 aliphatic carbocycles. The highest BCUT2D eigenvalue weighted by molar-refractivity contribution is 8.00. The third-order valence-corrected chi connectivity index (χ3v) is 7.37. The first-order valence-corrected chi connectivity index (χ1v) is 12.4. The SMILES string of the molecule is C=CCOC(=O)C[C@@H]1C(=O)N2C(c3nnnn3Cc3ccc(OC)cc3C)=C(COC(C)=O)CS[C@H]12. The highest BCUT2D eigenvalue weighted by Crippen LogP contribution is 2.47. The van der Waals surface area contributed by atoms with Gasteiger partial charge in [-0.25, -0.2) is 4.68 Å². The van der Waals surface area contributed by atoms with Crippen molar-refractivity contribution in [2.75, 3.05) is 26.1 Å². The molecule has 2 atom stereocenters. The van der Waals surface area contributed by atoms with E-state index in [2.05, 4.69) is 22.1 Å². The number of thioether (sulfide) groups is 1. The molecule has 0 bridgehead atoms. The molecule has 1 fully saturated rings. The van der Waals surface area contributed by atoms with Gasteiger partial charge in [-0.3, -0.25) is 19.3 Å². The van der Waals surface area contributed by atoms with E-state index in [-0.39, 0.29) is 30.9 Å². The summed E-state index contributed by atoms with van der Waals surface area (Å²) in [5, 5.41) is 12.0.